The Hall–Kier alpha value is -4.41. The molecule has 0 N–H and O–H groups in total. The van der Waals surface area contributed by atoms with Gasteiger partial charge in [-0.1, -0.05) is 44.0 Å². The Bertz CT molecular complexity index is 1620. The summed E-state index contributed by atoms with van der Waals surface area (Å²) in [5.74, 6) is -8.17. The fourth-order valence-electron chi connectivity index (χ4n) is 4.40. The number of hydrogen-bond donors (Lipinski definition) is 0. The van der Waals surface area contributed by atoms with Gasteiger partial charge in [0.2, 0.25) is 0 Å². The average Bonchev–Trinajstić information content (AvgIpc) is 2.92. The molecule has 0 aliphatic rings. The van der Waals surface area contributed by atoms with Crippen molar-refractivity contribution in [3.63, 3.8) is 0 Å². The molecule has 0 saturated carbocycles. The fourth-order valence-corrected chi connectivity index (χ4v) is 4.40. The van der Waals surface area contributed by atoms with Crippen molar-refractivity contribution in [1.82, 2.24) is 0 Å². The van der Waals surface area contributed by atoms with Gasteiger partial charge < -0.3 is 9.47 Å². The Labute approximate surface area is 241 Å². The van der Waals surface area contributed by atoms with Crippen LogP contribution in [0.4, 0.5) is 39.5 Å². The van der Waals surface area contributed by atoms with Crippen LogP contribution in [0, 0.1) is 29.1 Å². The van der Waals surface area contributed by atoms with E-state index in [1.54, 1.807) is 6.07 Å². The predicted molar refractivity (Wildman–Crippen MR) is 142 cm³/mol. The number of unbranched alkanes of at least 4 members (excludes halogenated alkanes) is 2. The Kier molecular flexibility index (Phi) is 9.73. The molecule has 4 aromatic carbocycles. The first-order valence-corrected chi connectivity index (χ1v) is 13.0. The molecule has 0 unspecified atom stereocenters. The van der Waals surface area contributed by atoms with Crippen LogP contribution in [0.5, 0.6) is 11.5 Å². The van der Waals surface area contributed by atoms with E-state index in [4.69, 9.17) is 0 Å². The molecule has 0 saturated heterocycles. The molecular formula is C32H23F9O2. The predicted octanol–water partition coefficient (Wildman–Crippen LogP) is 10.7. The molecule has 0 aliphatic heterocycles. The van der Waals surface area contributed by atoms with Crippen LogP contribution in [0.15, 0.2) is 79.1 Å². The first-order valence-electron chi connectivity index (χ1n) is 13.0. The van der Waals surface area contributed by atoms with Gasteiger partial charge in [-0.05, 0) is 65.9 Å². The van der Waals surface area contributed by atoms with Gasteiger partial charge in [0.05, 0.1) is 0 Å². The van der Waals surface area contributed by atoms with E-state index in [9.17, 15) is 35.1 Å². The maximum absolute atomic E-state index is 15.1. The lowest BCUT2D eigenvalue weighted by Crippen LogP contribution is -2.25. The highest BCUT2D eigenvalue weighted by Gasteiger charge is 2.41. The number of ether oxygens (including phenoxy) is 2. The van der Waals surface area contributed by atoms with Gasteiger partial charge in [-0.2, -0.15) is 17.6 Å². The molecular weight excluding hydrogens is 587 g/mol. The van der Waals surface area contributed by atoms with Crippen LogP contribution in [-0.4, -0.2) is 0 Å². The van der Waals surface area contributed by atoms with Gasteiger partial charge in [0.1, 0.15) is 34.6 Å². The molecule has 43 heavy (non-hydrogen) atoms. The van der Waals surface area contributed by atoms with Crippen molar-refractivity contribution in [2.24, 2.45) is 0 Å². The molecule has 4 aromatic rings. The van der Waals surface area contributed by atoms with E-state index in [-0.39, 0.29) is 23.0 Å². The quantitative estimate of drug-likeness (QED) is 0.0956. The van der Waals surface area contributed by atoms with Gasteiger partial charge in [-0.3, -0.25) is 0 Å². The summed E-state index contributed by atoms with van der Waals surface area (Å²) in [5.41, 5.74) is -1.55. The highest BCUT2D eigenvalue weighted by molar-refractivity contribution is 5.72. The number of alkyl halides is 2. The van der Waals surface area contributed by atoms with Crippen LogP contribution in [0.1, 0.15) is 37.3 Å². The summed E-state index contributed by atoms with van der Waals surface area (Å²) in [7, 11) is 0. The third-order valence-electron chi connectivity index (χ3n) is 6.45. The number of aryl methyl sites for hydroxylation is 1. The Morgan fingerprint density at radius 1 is 0.698 bits per heavy atom. The van der Waals surface area contributed by atoms with Crippen LogP contribution >= 0.6 is 0 Å². The zero-order valence-electron chi connectivity index (χ0n) is 22.5. The van der Waals surface area contributed by atoms with Gasteiger partial charge >= 0.3 is 12.2 Å². The molecule has 0 atom stereocenters. The van der Waals surface area contributed by atoms with E-state index in [2.05, 4.69) is 9.47 Å². The van der Waals surface area contributed by atoms with Gasteiger partial charge in [-0.15, -0.1) is 0 Å². The van der Waals surface area contributed by atoms with Crippen molar-refractivity contribution < 1.29 is 49.0 Å². The Morgan fingerprint density at radius 3 is 1.93 bits per heavy atom. The molecule has 0 spiro atoms. The highest BCUT2D eigenvalue weighted by atomic mass is 19.3. The molecule has 0 radical (unpaired) electrons. The summed E-state index contributed by atoms with van der Waals surface area (Å²) in [6.45, 7) is 2.05. The minimum atomic E-state index is -4.67. The molecule has 0 heterocycles. The van der Waals surface area contributed by atoms with Gasteiger partial charge in [0.15, 0.2) is 17.8 Å². The van der Waals surface area contributed by atoms with E-state index >= 15 is 4.39 Å². The molecule has 0 aromatic heterocycles. The van der Waals surface area contributed by atoms with Crippen LogP contribution in [0.2, 0.25) is 0 Å². The van der Waals surface area contributed by atoms with Crippen LogP contribution in [0.25, 0.3) is 22.3 Å². The smallest absolute Gasteiger partial charge is 0.432 e. The van der Waals surface area contributed by atoms with Gasteiger partial charge in [-0.25, -0.2) is 22.0 Å². The van der Waals surface area contributed by atoms with Crippen molar-refractivity contribution >= 4 is 0 Å². The van der Waals surface area contributed by atoms with Crippen LogP contribution in [0.3, 0.4) is 0 Å². The van der Waals surface area contributed by atoms with Crippen molar-refractivity contribution in [3.05, 3.63) is 119 Å². The lowest BCUT2D eigenvalue weighted by molar-refractivity contribution is -0.189. The molecule has 11 heteroatoms. The summed E-state index contributed by atoms with van der Waals surface area (Å²) in [6.07, 6.45) is -3.44. The summed E-state index contributed by atoms with van der Waals surface area (Å²) < 4.78 is 136. The standard InChI is InChI=1S/C32H23F9O2/c1-2-3-4-5-18-6-9-22(24(33)12-18)19-7-10-23(25(34)13-19)20-14-27(36)31(28(37)15-20)32(40,41)43-21-8-11-29(26(35)16-21)42-17-30(38)39/h6-17H,2-5H2,1H3. The summed E-state index contributed by atoms with van der Waals surface area (Å²) in [4.78, 5) is 0. The summed E-state index contributed by atoms with van der Waals surface area (Å²) in [6, 6.07) is 10.7. The molecule has 0 fully saturated rings. The molecule has 4 rings (SSSR count). The van der Waals surface area contributed by atoms with E-state index in [1.807, 2.05) is 6.92 Å². The fraction of sp³-hybridized carbons (Fsp3) is 0.188. The normalized spacial score (nSPS) is 11.4. The van der Waals surface area contributed by atoms with E-state index in [1.165, 1.54) is 18.2 Å². The Morgan fingerprint density at radius 2 is 1.33 bits per heavy atom. The van der Waals surface area contributed by atoms with Gasteiger partial charge in [0, 0.05) is 17.2 Å². The lowest BCUT2D eigenvalue weighted by atomic mass is 9.96. The van der Waals surface area contributed by atoms with Crippen molar-refractivity contribution in [3.8, 4) is 33.8 Å². The first kappa shape index (κ1) is 31.5. The second kappa shape index (κ2) is 13.3. The van der Waals surface area contributed by atoms with E-state index < -0.39 is 63.9 Å². The maximum atomic E-state index is 15.1. The van der Waals surface area contributed by atoms with E-state index in [0.717, 1.165) is 37.0 Å². The average molecular weight is 611 g/mol. The van der Waals surface area contributed by atoms with E-state index in [0.29, 0.717) is 36.8 Å². The van der Waals surface area contributed by atoms with Crippen LogP contribution < -0.4 is 9.47 Å². The Balaban J connectivity index is 1.57. The highest BCUT2D eigenvalue weighted by Crippen LogP contribution is 2.39. The summed E-state index contributed by atoms with van der Waals surface area (Å²) >= 11 is 0. The molecule has 0 bridgehead atoms. The zero-order valence-corrected chi connectivity index (χ0v) is 22.5. The second-order valence-electron chi connectivity index (χ2n) is 9.52. The molecule has 2 nitrogen and oxygen atoms in total. The number of rotatable bonds is 11. The summed E-state index contributed by atoms with van der Waals surface area (Å²) in [5, 5.41) is 0. The topological polar surface area (TPSA) is 18.5 Å². The minimum absolute atomic E-state index is 0.0823. The van der Waals surface area contributed by atoms with Crippen molar-refractivity contribution in [2.75, 3.05) is 0 Å². The molecule has 226 valence electrons. The molecule has 0 amide bonds. The van der Waals surface area contributed by atoms with Gasteiger partial charge in [0.25, 0.3) is 0 Å². The molecule has 0 aliphatic carbocycles. The lowest BCUT2D eigenvalue weighted by Gasteiger charge is -2.20. The number of halogens is 9. The third-order valence-corrected chi connectivity index (χ3v) is 6.45. The maximum Gasteiger partial charge on any atom is 0.432 e. The van der Waals surface area contributed by atoms with Crippen LogP contribution in [-0.2, 0) is 12.5 Å². The van der Waals surface area contributed by atoms with Crippen molar-refractivity contribution in [2.45, 2.75) is 38.7 Å². The number of benzene rings is 4. The SMILES string of the molecule is CCCCCc1ccc(-c2ccc(-c3cc(F)c(C(F)(F)Oc4ccc(OC=C(F)F)c(F)c4)c(F)c3)c(F)c2)c(F)c1. The van der Waals surface area contributed by atoms with Crippen molar-refractivity contribution in [1.29, 1.82) is 0 Å². The first-order chi connectivity index (χ1) is 20.4. The minimum Gasteiger partial charge on any atom is -0.456 e. The largest absolute Gasteiger partial charge is 0.456 e. The second-order valence-corrected chi connectivity index (χ2v) is 9.52. The third kappa shape index (κ3) is 7.52. The zero-order chi connectivity index (χ0) is 31.3. The number of hydrogen-bond acceptors (Lipinski definition) is 2. The monoisotopic (exact) mass is 610 g/mol.